The molecule has 1 aromatic carbocycles. The summed E-state index contributed by atoms with van der Waals surface area (Å²) in [5, 5.41) is 28.1. The van der Waals surface area contributed by atoms with Gasteiger partial charge < -0.3 is 19.9 Å². The third-order valence-electron chi connectivity index (χ3n) is 2.87. The molecule has 0 spiro atoms. The monoisotopic (exact) mass is 247 g/mol. The van der Waals surface area contributed by atoms with Crippen LogP contribution in [-0.4, -0.2) is 25.9 Å². The molecular formula is C13H13NO4. The van der Waals surface area contributed by atoms with Gasteiger partial charge in [0.05, 0.1) is 5.69 Å². The molecule has 0 bridgehead atoms. The number of aryl methyl sites for hydroxylation is 1. The molecule has 94 valence electrons. The van der Waals surface area contributed by atoms with Crippen LogP contribution < -0.4 is 0 Å². The van der Waals surface area contributed by atoms with E-state index in [1.54, 1.807) is 23.6 Å². The summed E-state index contributed by atoms with van der Waals surface area (Å²) in [7, 11) is 0. The van der Waals surface area contributed by atoms with E-state index in [2.05, 4.69) is 0 Å². The summed E-state index contributed by atoms with van der Waals surface area (Å²) >= 11 is 0. The number of carbonyl (C=O) groups is 1. The van der Waals surface area contributed by atoms with Crippen LogP contribution in [0.2, 0.25) is 0 Å². The maximum atomic E-state index is 10.8. The maximum Gasteiger partial charge on any atom is 0.339 e. The quantitative estimate of drug-likeness (QED) is 0.759. The second-order valence-corrected chi connectivity index (χ2v) is 4.10. The number of nitrogens with zero attached hydrogens (tertiary/aromatic N) is 1. The molecule has 5 heteroatoms. The Balaban J connectivity index is 2.59. The average Bonchev–Trinajstić information content (AvgIpc) is 2.52. The lowest BCUT2D eigenvalue weighted by atomic mass is 10.2. The van der Waals surface area contributed by atoms with E-state index in [9.17, 15) is 15.0 Å². The minimum absolute atomic E-state index is 0.148. The lowest BCUT2D eigenvalue weighted by molar-refractivity contribution is 0.0694. The molecule has 2 rings (SSSR count). The Morgan fingerprint density at radius 2 is 1.78 bits per heavy atom. The Bertz CT molecular complexity index is 628. The first-order valence-corrected chi connectivity index (χ1v) is 5.36. The van der Waals surface area contributed by atoms with Gasteiger partial charge in [-0.3, -0.25) is 0 Å². The fourth-order valence-electron chi connectivity index (χ4n) is 1.98. The van der Waals surface area contributed by atoms with Gasteiger partial charge in [-0.05, 0) is 26.0 Å². The largest absolute Gasteiger partial charge is 0.507 e. The number of benzene rings is 1. The van der Waals surface area contributed by atoms with Crippen molar-refractivity contribution < 1.29 is 20.1 Å². The number of hydrogen-bond donors (Lipinski definition) is 3. The number of aromatic nitrogens is 1. The van der Waals surface area contributed by atoms with E-state index < -0.39 is 5.97 Å². The van der Waals surface area contributed by atoms with Crippen molar-refractivity contribution in [2.45, 2.75) is 13.8 Å². The van der Waals surface area contributed by atoms with Crippen LogP contribution in [0.5, 0.6) is 11.5 Å². The van der Waals surface area contributed by atoms with Gasteiger partial charge in [0.2, 0.25) is 0 Å². The van der Waals surface area contributed by atoms with E-state index in [-0.39, 0.29) is 17.1 Å². The van der Waals surface area contributed by atoms with Crippen molar-refractivity contribution in [1.29, 1.82) is 0 Å². The smallest absolute Gasteiger partial charge is 0.339 e. The first-order chi connectivity index (χ1) is 8.41. The number of hydrogen-bond acceptors (Lipinski definition) is 3. The van der Waals surface area contributed by atoms with Crippen LogP contribution in [0.3, 0.4) is 0 Å². The van der Waals surface area contributed by atoms with Gasteiger partial charge in [-0.15, -0.1) is 0 Å². The van der Waals surface area contributed by atoms with Crippen LogP contribution in [-0.2, 0) is 0 Å². The van der Waals surface area contributed by atoms with Gasteiger partial charge in [-0.25, -0.2) is 4.79 Å². The molecule has 0 radical (unpaired) electrons. The van der Waals surface area contributed by atoms with Gasteiger partial charge in [0, 0.05) is 23.5 Å². The van der Waals surface area contributed by atoms with Gasteiger partial charge >= 0.3 is 5.97 Å². The second kappa shape index (κ2) is 4.10. The number of carboxylic acids is 1. The van der Waals surface area contributed by atoms with Crippen LogP contribution in [0.25, 0.3) is 5.69 Å². The molecule has 1 heterocycles. The fraction of sp³-hybridized carbons (Fsp3) is 0.154. The summed E-state index contributed by atoms with van der Waals surface area (Å²) in [6, 6.07) is 5.89. The first-order valence-electron chi connectivity index (χ1n) is 5.36. The van der Waals surface area contributed by atoms with Crippen molar-refractivity contribution >= 4 is 5.97 Å². The third-order valence-corrected chi connectivity index (χ3v) is 2.87. The van der Waals surface area contributed by atoms with Crippen LogP contribution in [0.4, 0.5) is 0 Å². The molecule has 0 aliphatic rings. The van der Waals surface area contributed by atoms with Gasteiger partial charge in [0.15, 0.2) is 0 Å². The predicted octanol–water partition coefficient (Wildman–Crippen LogP) is 2.20. The van der Waals surface area contributed by atoms with E-state index in [0.29, 0.717) is 11.4 Å². The molecule has 0 atom stereocenters. The number of aromatic carboxylic acids is 1. The zero-order chi connectivity index (χ0) is 13.4. The highest BCUT2D eigenvalue weighted by molar-refractivity contribution is 5.91. The number of phenols is 1. The molecule has 0 saturated heterocycles. The molecule has 3 N–H and O–H groups in total. The molecule has 0 unspecified atom stereocenters. The average molecular weight is 247 g/mol. The summed E-state index contributed by atoms with van der Waals surface area (Å²) in [5.74, 6) is -1.32. The number of carboxylic acid groups (broad SMARTS) is 1. The minimum Gasteiger partial charge on any atom is -0.507 e. The molecule has 18 heavy (non-hydrogen) atoms. The predicted molar refractivity (Wildman–Crippen MR) is 65.5 cm³/mol. The molecule has 0 amide bonds. The molecule has 0 aliphatic carbocycles. The van der Waals surface area contributed by atoms with Gasteiger partial charge in [-0.1, -0.05) is 0 Å². The van der Waals surface area contributed by atoms with E-state index in [1.807, 2.05) is 6.92 Å². The summed E-state index contributed by atoms with van der Waals surface area (Å²) in [5.41, 5.74) is 1.89. The fourth-order valence-corrected chi connectivity index (χ4v) is 1.98. The lowest BCUT2D eigenvalue weighted by Gasteiger charge is -2.10. The van der Waals surface area contributed by atoms with E-state index in [1.165, 1.54) is 12.1 Å². The van der Waals surface area contributed by atoms with Crippen molar-refractivity contribution in [2.24, 2.45) is 0 Å². The number of rotatable bonds is 2. The molecule has 5 nitrogen and oxygen atoms in total. The highest BCUT2D eigenvalue weighted by Gasteiger charge is 2.13. The Hall–Kier alpha value is -2.43. The van der Waals surface area contributed by atoms with Crippen molar-refractivity contribution in [3.05, 3.63) is 41.2 Å². The van der Waals surface area contributed by atoms with E-state index >= 15 is 0 Å². The van der Waals surface area contributed by atoms with Crippen molar-refractivity contribution in [3.63, 3.8) is 0 Å². The minimum atomic E-state index is -1.18. The molecule has 0 saturated carbocycles. The van der Waals surface area contributed by atoms with Crippen molar-refractivity contribution in [3.8, 4) is 17.2 Å². The van der Waals surface area contributed by atoms with Crippen LogP contribution in [0.15, 0.2) is 24.3 Å². The highest BCUT2D eigenvalue weighted by atomic mass is 16.4. The standard InChI is InChI=1S/C13H13NO4/c1-7-5-11(15)8(2)14(7)9-3-4-10(13(17)18)12(16)6-9/h3-6,15-16H,1-2H3,(H,17,18). The van der Waals surface area contributed by atoms with Gasteiger partial charge in [-0.2, -0.15) is 0 Å². The van der Waals surface area contributed by atoms with Crippen LogP contribution in [0.1, 0.15) is 21.7 Å². The number of aromatic hydroxyl groups is 2. The third kappa shape index (κ3) is 1.79. The van der Waals surface area contributed by atoms with Gasteiger partial charge in [0.1, 0.15) is 17.1 Å². The lowest BCUT2D eigenvalue weighted by Crippen LogP contribution is -2.01. The molecule has 0 aliphatic heterocycles. The van der Waals surface area contributed by atoms with Crippen molar-refractivity contribution in [1.82, 2.24) is 4.57 Å². The molecular weight excluding hydrogens is 234 g/mol. The zero-order valence-corrected chi connectivity index (χ0v) is 10.0. The second-order valence-electron chi connectivity index (χ2n) is 4.10. The van der Waals surface area contributed by atoms with Gasteiger partial charge in [0.25, 0.3) is 0 Å². The van der Waals surface area contributed by atoms with Crippen LogP contribution in [0, 0.1) is 13.8 Å². The molecule has 1 aromatic heterocycles. The van der Waals surface area contributed by atoms with Crippen LogP contribution >= 0.6 is 0 Å². The SMILES string of the molecule is Cc1cc(O)c(C)n1-c1ccc(C(=O)O)c(O)c1. The van der Waals surface area contributed by atoms with E-state index in [0.717, 1.165) is 5.69 Å². The Kier molecular flexibility index (Phi) is 2.74. The Labute approximate surface area is 104 Å². The highest BCUT2D eigenvalue weighted by Crippen LogP contribution is 2.28. The van der Waals surface area contributed by atoms with E-state index in [4.69, 9.17) is 5.11 Å². The summed E-state index contributed by atoms with van der Waals surface area (Å²) in [4.78, 5) is 10.8. The maximum absolute atomic E-state index is 10.8. The normalized spacial score (nSPS) is 10.6. The first kappa shape index (κ1) is 12.0. The molecule has 2 aromatic rings. The Morgan fingerprint density at radius 3 is 2.22 bits per heavy atom. The zero-order valence-electron chi connectivity index (χ0n) is 10.0. The molecule has 0 fully saturated rings. The van der Waals surface area contributed by atoms with Crippen molar-refractivity contribution in [2.75, 3.05) is 0 Å². The summed E-state index contributed by atoms with van der Waals surface area (Å²) in [6.45, 7) is 3.55. The Morgan fingerprint density at radius 1 is 1.11 bits per heavy atom. The summed E-state index contributed by atoms with van der Waals surface area (Å²) < 4.78 is 1.74. The topological polar surface area (TPSA) is 82.7 Å². The summed E-state index contributed by atoms with van der Waals surface area (Å²) in [6.07, 6.45) is 0.